The molecule has 0 saturated carbocycles. The Morgan fingerprint density at radius 2 is 2.14 bits per heavy atom. The van der Waals surface area contributed by atoms with Gasteiger partial charge in [0.2, 0.25) is 5.76 Å². The zero-order chi connectivity index (χ0) is 15.7. The molecule has 1 aliphatic heterocycles. The molecule has 1 N–H and O–H groups in total. The van der Waals surface area contributed by atoms with Crippen LogP contribution in [-0.2, 0) is 0 Å². The molecule has 1 amide bonds. The number of likely N-dealkylation sites (tertiary alicyclic amines) is 1. The molecule has 1 fully saturated rings. The number of rotatable bonds is 3. The molecule has 1 aromatic heterocycles. The van der Waals surface area contributed by atoms with E-state index in [0.717, 1.165) is 18.5 Å². The molecular formula is C16H18ClN3O2. The van der Waals surface area contributed by atoms with Crippen molar-refractivity contribution in [1.29, 1.82) is 0 Å². The van der Waals surface area contributed by atoms with E-state index < -0.39 is 0 Å². The van der Waals surface area contributed by atoms with Gasteiger partial charge in [-0.15, -0.1) is 0 Å². The van der Waals surface area contributed by atoms with Crippen molar-refractivity contribution in [3.63, 3.8) is 0 Å². The summed E-state index contributed by atoms with van der Waals surface area (Å²) in [6, 6.07) is 9.57. The molecule has 1 aromatic carbocycles. The van der Waals surface area contributed by atoms with Crippen molar-refractivity contribution >= 4 is 17.5 Å². The van der Waals surface area contributed by atoms with Crippen LogP contribution >= 0.6 is 11.6 Å². The first-order valence-electron chi connectivity index (χ1n) is 7.24. The molecule has 3 rings (SSSR count). The molecule has 0 radical (unpaired) electrons. The number of nitrogens with one attached hydrogen (secondary N) is 1. The molecule has 2 aromatic rings. The maximum absolute atomic E-state index is 12.3. The lowest BCUT2D eigenvalue weighted by Crippen LogP contribution is -2.38. The van der Waals surface area contributed by atoms with Crippen LogP contribution in [0.4, 0.5) is 0 Å². The fourth-order valence-electron chi connectivity index (χ4n) is 2.95. The van der Waals surface area contributed by atoms with Crippen molar-refractivity contribution in [2.75, 3.05) is 13.6 Å². The number of halogens is 1. The largest absolute Gasteiger partial charge is 0.351 e. The highest BCUT2D eigenvalue weighted by Gasteiger charge is 2.34. The molecule has 2 heterocycles. The van der Waals surface area contributed by atoms with E-state index in [1.807, 2.05) is 24.3 Å². The summed E-state index contributed by atoms with van der Waals surface area (Å²) in [6.07, 6.45) is 0.892. The zero-order valence-corrected chi connectivity index (χ0v) is 13.3. The topological polar surface area (TPSA) is 58.4 Å². The third-order valence-electron chi connectivity index (χ3n) is 4.03. The van der Waals surface area contributed by atoms with Gasteiger partial charge >= 0.3 is 0 Å². The molecule has 2 atom stereocenters. The number of amides is 1. The fraction of sp³-hybridized carbons (Fsp3) is 0.375. The van der Waals surface area contributed by atoms with E-state index in [1.165, 1.54) is 0 Å². The fourth-order valence-corrected chi connectivity index (χ4v) is 3.08. The predicted molar refractivity (Wildman–Crippen MR) is 83.9 cm³/mol. The van der Waals surface area contributed by atoms with Crippen LogP contribution in [0.3, 0.4) is 0 Å². The zero-order valence-electron chi connectivity index (χ0n) is 12.5. The minimum Gasteiger partial charge on any atom is -0.351 e. The second kappa shape index (κ2) is 6.10. The normalized spacial score (nSPS) is 22.0. The Morgan fingerprint density at radius 1 is 1.41 bits per heavy atom. The average Bonchev–Trinajstić information content (AvgIpc) is 3.07. The number of carbonyl (C=O) groups is 1. The number of nitrogens with zero attached hydrogens (tertiary/aromatic N) is 2. The van der Waals surface area contributed by atoms with Crippen molar-refractivity contribution in [3.8, 4) is 0 Å². The number of likely N-dealkylation sites (N-methyl/N-ethyl adjacent to an activating group) is 1. The maximum Gasteiger partial charge on any atom is 0.290 e. The second-order valence-corrected chi connectivity index (χ2v) is 6.11. The standard InChI is InChI=1S/C16H18ClN3O2/c1-10-9-14(22-19-10)16(21)18-13-7-8-20(2)15(13)11-3-5-12(17)6-4-11/h3-6,9,13,15H,7-8H2,1-2H3,(H,18,21)/t13-,15+/m0/s1. The predicted octanol–water partition coefficient (Wildman–Crippen LogP) is 2.81. The first-order chi connectivity index (χ1) is 10.5. The summed E-state index contributed by atoms with van der Waals surface area (Å²) in [5, 5.41) is 7.52. The summed E-state index contributed by atoms with van der Waals surface area (Å²) in [5.41, 5.74) is 1.84. The van der Waals surface area contributed by atoms with E-state index in [4.69, 9.17) is 16.1 Å². The highest BCUT2D eigenvalue weighted by Crippen LogP contribution is 2.31. The van der Waals surface area contributed by atoms with Gasteiger partial charge < -0.3 is 9.84 Å². The highest BCUT2D eigenvalue weighted by molar-refractivity contribution is 6.30. The van der Waals surface area contributed by atoms with E-state index >= 15 is 0 Å². The Hall–Kier alpha value is -1.85. The highest BCUT2D eigenvalue weighted by atomic mass is 35.5. The van der Waals surface area contributed by atoms with Gasteiger partial charge in [0, 0.05) is 17.6 Å². The van der Waals surface area contributed by atoms with Crippen LogP contribution in [0.15, 0.2) is 34.9 Å². The van der Waals surface area contributed by atoms with Gasteiger partial charge in [-0.05, 0) is 38.1 Å². The molecule has 0 bridgehead atoms. The molecule has 22 heavy (non-hydrogen) atoms. The summed E-state index contributed by atoms with van der Waals surface area (Å²) < 4.78 is 5.03. The van der Waals surface area contributed by atoms with Crippen LogP contribution in [0.1, 0.15) is 34.3 Å². The van der Waals surface area contributed by atoms with Crippen LogP contribution in [0.2, 0.25) is 5.02 Å². The van der Waals surface area contributed by atoms with E-state index in [1.54, 1.807) is 13.0 Å². The molecule has 1 aliphatic rings. The third kappa shape index (κ3) is 3.00. The van der Waals surface area contributed by atoms with Gasteiger partial charge in [0.1, 0.15) is 0 Å². The van der Waals surface area contributed by atoms with Gasteiger partial charge in [-0.1, -0.05) is 28.9 Å². The Kier molecular flexibility index (Phi) is 4.18. The third-order valence-corrected chi connectivity index (χ3v) is 4.28. The minimum absolute atomic E-state index is 0.0316. The minimum atomic E-state index is -0.222. The summed E-state index contributed by atoms with van der Waals surface area (Å²) in [4.78, 5) is 14.5. The number of hydrogen-bond donors (Lipinski definition) is 1. The van der Waals surface area contributed by atoms with Crippen LogP contribution in [0.25, 0.3) is 0 Å². The maximum atomic E-state index is 12.3. The number of aryl methyl sites for hydroxylation is 1. The van der Waals surface area contributed by atoms with Crippen molar-refractivity contribution in [2.24, 2.45) is 0 Å². The second-order valence-electron chi connectivity index (χ2n) is 5.68. The van der Waals surface area contributed by atoms with Crippen LogP contribution in [0.5, 0.6) is 0 Å². The van der Waals surface area contributed by atoms with Crippen LogP contribution in [-0.4, -0.2) is 35.6 Å². The van der Waals surface area contributed by atoms with Gasteiger partial charge in [0.05, 0.1) is 17.8 Å². The Morgan fingerprint density at radius 3 is 2.77 bits per heavy atom. The lowest BCUT2D eigenvalue weighted by Gasteiger charge is -2.26. The van der Waals surface area contributed by atoms with Gasteiger partial charge in [0.15, 0.2) is 0 Å². The molecule has 116 valence electrons. The van der Waals surface area contributed by atoms with Crippen LogP contribution in [0, 0.1) is 6.92 Å². The summed E-state index contributed by atoms with van der Waals surface area (Å²) in [6.45, 7) is 2.72. The van der Waals surface area contributed by atoms with Crippen LogP contribution < -0.4 is 5.32 Å². The average molecular weight is 320 g/mol. The number of hydrogen-bond acceptors (Lipinski definition) is 4. The number of aromatic nitrogens is 1. The van der Waals surface area contributed by atoms with E-state index in [9.17, 15) is 4.79 Å². The van der Waals surface area contributed by atoms with Crippen molar-refractivity contribution in [2.45, 2.75) is 25.4 Å². The smallest absolute Gasteiger partial charge is 0.290 e. The first kappa shape index (κ1) is 15.1. The lowest BCUT2D eigenvalue weighted by molar-refractivity contribution is 0.0890. The molecule has 6 heteroatoms. The Labute approximate surface area is 134 Å². The Balaban J connectivity index is 1.77. The van der Waals surface area contributed by atoms with Gasteiger partial charge in [-0.2, -0.15) is 0 Å². The van der Waals surface area contributed by atoms with Gasteiger partial charge in [0.25, 0.3) is 5.91 Å². The number of benzene rings is 1. The molecule has 0 spiro atoms. The van der Waals surface area contributed by atoms with Gasteiger partial charge in [-0.3, -0.25) is 9.69 Å². The quantitative estimate of drug-likeness (QED) is 0.945. The molecule has 0 unspecified atom stereocenters. The number of carbonyl (C=O) groups excluding carboxylic acids is 1. The van der Waals surface area contributed by atoms with E-state index in [-0.39, 0.29) is 23.8 Å². The lowest BCUT2D eigenvalue weighted by atomic mass is 10.00. The van der Waals surface area contributed by atoms with Crippen molar-refractivity contribution in [3.05, 3.63) is 52.4 Å². The van der Waals surface area contributed by atoms with Gasteiger partial charge in [-0.25, -0.2) is 0 Å². The monoisotopic (exact) mass is 319 g/mol. The summed E-state index contributed by atoms with van der Waals surface area (Å²) in [5.74, 6) is 0.0294. The molecule has 1 saturated heterocycles. The van der Waals surface area contributed by atoms with Crippen molar-refractivity contribution < 1.29 is 9.32 Å². The Bertz CT molecular complexity index is 668. The molecular weight excluding hydrogens is 302 g/mol. The molecule has 5 nitrogen and oxygen atoms in total. The summed E-state index contributed by atoms with van der Waals surface area (Å²) in [7, 11) is 2.06. The van der Waals surface area contributed by atoms with Crippen molar-refractivity contribution in [1.82, 2.24) is 15.4 Å². The van der Waals surface area contributed by atoms with E-state index in [0.29, 0.717) is 10.7 Å². The molecule has 0 aliphatic carbocycles. The van der Waals surface area contributed by atoms with E-state index in [2.05, 4.69) is 22.4 Å². The first-order valence-corrected chi connectivity index (χ1v) is 7.62. The summed E-state index contributed by atoms with van der Waals surface area (Å²) >= 11 is 5.96. The SMILES string of the molecule is Cc1cc(C(=O)N[C@H]2CCN(C)[C@@H]2c2ccc(Cl)cc2)on1.